The van der Waals surface area contributed by atoms with Crippen molar-refractivity contribution in [3.8, 4) is 0 Å². The van der Waals surface area contributed by atoms with Crippen molar-refractivity contribution in [3.63, 3.8) is 0 Å². The van der Waals surface area contributed by atoms with E-state index in [0.717, 1.165) is 0 Å². The molecule has 122 valence electrons. The molecule has 5 nitrogen and oxygen atoms in total. The van der Waals surface area contributed by atoms with Crippen LogP contribution in [0.3, 0.4) is 0 Å². The molecule has 1 aromatic heterocycles. The number of carboxylic acids is 1. The molecule has 12 heteroatoms. The second-order valence-electron chi connectivity index (χ2n) is 4.38. The number of hydrogen-bond acceptors (Lipinski definition) is 4. The molecule has 22 heavy (non-hydrogen) atoms. The van der Waals surface area contributed by atoms with Gasteiger partial charge in [0.1, 0.15) is 4.88 Å². The van der Waals surface area contributed by atoms with Crippen molar-refractivity contribution in [2.75, 3.05) is 4.90 Å². The molecule has 1 amide bonds. The molecule has 0 unspecified atom stereocenters. The monoisotopic (exact) mass is 348 g/mol. The van der Waals surface area contributed by atoms with E-state index in [1.807, 2.05) is 0 Å². The number of anilines is 1. The Labute approximate surface area is 122 Å². The maximum absolute atomic E-state index is 12.7. The van der Waals surface area contributed by atoms with Crippen LogP contribution in [0.4, 0.5) is 31.5 Å². The molecule has 1 aliphatic carbocycles. The van der Waals surface area contributed by atoms with Crippen molar-refractivity contribution in [3.05, 3.63) is 10.6 Å². The van der Waals surface area contributed by atoms with Gasteiger partial charge in [0.2, 0.25) is 0 Å². The van der Waals surface area contributed by atoms with Crippen molar-refractivity contribution >= 4 is 28.3 Å². The van der Waals surface area contributed by atoms with Gasteiger partial charge in [-0.25, -0.2) is 9.78 Å². The van der Waals surface area contributed by atoms with Gasteiger partial charge < -0.3 is 5.11 Å². The number of halogens is 6. The lowest BCUT2D eigenvalue weighted by molar-refractivity contribution is -0.170. The number of aromatic carboxylic acids is 1. The number of nitrogens with zero attached hydrogens (tertiary/aromatic N) is 2. The third-order valence-electron chi connectivity index (χ3n) is 2.66. The van der Waals surface area contributed by atoms with Crippen LogP contribution < -0.4 is 4.90 Å². The summed E-state index contributed by atoms with van der Waals surface area (Å²) in [6, 6.07) is -0.928. The van der Waals surface area contributed by atoms with Crippen LogP contribution in [0.2, 0.25) is 0 Å². The van der Waals surface area contributed by atoms with E-state index in [0.29, 0.717) is 0 Å². The van der Waals surface area contributed by atoms with Gasteiger partial charge in [0.15, 0.2) is 10.8 Å². The Morgan fingerprint density at radius 1 is 1.18 bits per heavy atom. The third-order valence-corrected chi connectivity index (χ3v) is 3.70. The van der Waals surface area contributed by atoms with Crippen LogP contribution in [0.25, 0.3) is 0 Å². The van der Waals surface area contributed by atoms with E-state index < -0.39 is 46.0 Å². The molecule has 0 radical (unpaired) electrons. The van der Waals surface area contributed by atoms with E-state index in [4.69, 9.17) is 5.11 Å². The van der Waals surface area contributed by atoms with E-state index in [9.17, 15) is 35.9 Å². The molecule has 1 fully saturated rings. The topological polar surface area (TPSA) is 70.5 Å². The largest absolute Gasteiger partial charge is 0.477 e. The van der Waals surface area contributed by atoms with Gasteiger partial charge in [0.05, 0.1) is 0 Å². The van der Waals surface area contributed by atoms with Gasteiger partial charge >= 0.3 is 24.2 Å². The second-order valence-corrected chi connectivity index (χ2v) is 5.36. The van der Waals surface area contributed by atoms with Gasteiger partial charge in [-0.1, -0.05) is 11.3 Å². The standard InChI is InChI=1S/C10H6F6N2O3S/c11-9(12,13)5-4(6(19)20)22-8(17-5)18(3-1-2-3)7(21)10(14,15)16/h3H,1-2H2,(H,19,20). The SMILES string of the molecule is O=C(O)c1sc(N(C(=O)C(F)(F)F)C2CC2)nc1C(F)(F)F. The van der Waals surface area contributed by atoms with Gasteiger partial charge in [-0.05, 0) is 12.8 Å². The molecule has 0 aliphatic heterocycles. The van der Waals surface area contributed by atoms with Crippen LogP contribution >= 0.6 is 11.3 Å². The highest BCUT2D eigenvalue weighted by atomic mass is 32.1. The van der Waals surface area contributed by atoms with Crippen molar-refractivity contribution < 1.29 is 41.0 Å². The number of alkyl halides is 6. The first kappa shape index (κ1) is 16.5. The van der Waals surface area contributed by atoms with Crippen molar-refractivity contribution in [1.29, 1.82) is 0 Å². The number of aromatic nitrogens is 1. The number of thiazole rings is 1. The minimum atomic E-state index is -5.30. The molecule has 1 aliphatic rings. The zero-order valence-corrected chi connectivity index (χ0v) is 11.1. The Balaban J connectivity index is 2.50. The molecule has 1 aromatic rings. The van der Waals surface area contributed by atoms with Gasteiger partial charge in [-0.2, -0.15) is 26.3 Å². The normalized spacial score (nSPS) is 15.7. The lowest BCUT2D eigenvalue weighted by Crippen LogP contribution is -2.42. The number of hydrogen-bond donors (Lipinski definition) is 1. The summed E-state index contributed by atoms with van der Waals surface area (Å²) in [6.45, 7) is 0. The Morgan fingerprint density at radius 2 is 1.73 bits per heavy atom. The molecule has 0 aromatic carbocycles. The smallest absolute Gasteiger partial charge is 0.471 e. The molecule has 2 rings (SSSR count). The van der Waals surface area contributed by atoms with Gasteiger partial charge in [-0.15, -0.1) is 0 Å². The molecule has 1 saturated carbocycles. The minimum absolute atomic E-state index is 0.0896. The number of carboxylic acid groups (broad SMARTS) is 1. The summed E-state index contributed by atoms with van der Waals surface area (Å²) in [4.78, 5) is 23.9. The summed E-state index contributed by atoms with van der Waals surface area (Å²) in [7, 11) is 0. The number of rotatable bonds is 3. The zero-order valence-electron chi connectivity index (χ0n) is 10.3. The molecule has 1 heterocycles. The molecule has 0 spiro atoms. The minimum Gasteiger partial charge on any atom is -0.477 e. The Hall–Kier alpha value is -1.85. The van der Waals surface area contributed by atoms with Crippen LogP contribution in [-0.2, 0) is 11.0 Å². The quantitative estimate of drug-likeness (QED) is 0.853. The lowest BCUT2D eigenvalue weighted by Gasteiger charge is -2.20. The van der Waals surface area contributed by atoms with Crippen LogP contribution in [0.5, 0.6) is 0 Å². The average Bonchev–Trinajstić information content (AvgIpc) is 3.04. The first-order valence-electron chi connectivity index (χ1n) is 5.64. The van der Waals surface area contributed by atoms with Gasteiger partial charge in [-0.3, -0.25) is 9.69 Å². The molecular formula is C10H6F6N2O3S. The molecule has 0 atom stereocenters. The molecule has 0 bridgehead atoms. The summed E-state index contributed by atoms with van der Waals surface area (Å²) < 4.78 is 75.6. The Morgan fingerprint density at radius 3 is 2.05 bits per heavy atom. The lowest BCUT2D eigenvalue weighted by atomic mass is 10.3. The summed E-state index contributed by atoms with van der Waals surface area (Å²) in [5, 5.41) is 7.80. The maximum atomic E-state index is 12.7. The number of carbonyl (C=O) groups is 2. The highest BCUT2D eigenvalue weighted by Gasteiger charge is 2.50. The van der Waals surface area contributed by atoms with Crippen molar-refractivity contribution in [1.82, 2.24) is 4.98 Å². The summed E-state index contributed by atoms with van der Waals surface area (Å²) >= 11 is -0.110. The Bertz CT molecular complexity index is 619. The van der Waals surface area contributed by atoms with Crippen molar-refractivity contribution in [2.45, 2.75) is 31.2 Å². The predicted molar refractivity (Wildman–Crippen MR) is 60.6 cm³/mol. The first-order chi connectivity index (χ1) is 9.93. The first-order valence-corrected chi connectivity index (χ1v) is 6.46. The van der Waals surface area contributed by atoms with E-state index >= 15 is 0 Å². The Kier molecular flexibility index (Phi) is 3.83. The molecule has 1 N–H and O–H groups in total. The van der Waals surface area contributed by atoms with E-state index in [2.05, 4.69) is 4.98 Å². The van der Waals surface area contributed by atoms with Crippen molar-refractivity contribution in [2.24, 2.45) is 0 Å². The van der Waals surface area contributed by atoms with Gasteiger partial charge in [0, 0.05) is 6.04 Å². The third kappa shape index (κ3) is 3.15. The van der Waals surface area contributed by atoms with E-state index in [1.54, 1.807) is 0 Å². The number of carbonyl (C=O) groups excluding carboxylic acids is 1. The summed E-state index contributed by atoms with van der Waals surface area (Å²) in [6.07, 6.45) is -10.1. The van der Waals surface area contributed by atoms with E-state index in [-0.39, 0.29) is 29.1 Å². The fourth-order valence-electron chi connectivity index (χ4n) is 1.63. The predicted octanol–water partition coefficient (Wildman–Crippen LogP) is 2.92. The highest BCUT2D eigenvalue weighted by Crippen LogP contribution is 2.42. The average molecular weight is 348 g/mol. The highest BCUT2D eigenvalue weighted by molar-refractivity contribution is 7.17. The van der Waals surface area contributed by atoms with Crippen LogP contribution in [0.1, 0.15) is 28.2 Å². The maximum Gasteiger partial charge on any atom is 0.471 e. The van der Waals surface area contributed by atoms with E-state index in [1.165, 1.54) is 0 Å². The fourth-order valence-corrected chi connectivity index (χ4v) is 2.62. The second kappa shape index (κ2) is 5.11. The summed E-state index contributed by atoms with van der Waals surface area (Å²) in [5.74, 6) is -4.35. The van der Waals surface area contributed by atoms with Crippen LogP contribution in [0, 0.1) is 0 Å². The van der Waals surface area contributed by atoms with Gasteiger partial charge in [0.25, 0.3) is 0 Å². The fraction of sp³-hybridized carbons (Fsp3) is 0.500. The summed E-state index contributed by atoms with van der Waals surface area (Å²) in [5.41, 5.74) is -1.82. The molecule has 0 saturated heterocycles. The molecular weight excluding hydrogens is 342 g/mol. The van der Waals surface area contributed by atoms with Crippen LogP contribution in [0.15, 0.2) is 0 Å². The van der Waals surface area contributed by atoms with Crippen LogP contribution in [-0.4, -0.2) is 34.2 Å². The number of amides is 1. The zero-order chi connectivity index (χ0) is 16.9.